The van der Waals surface area contributed by atoms with Gasteiger partial charge in [-0.1, -0.05) is 26.5 Å². The molecule has 2 unspecified atom stereocenters. The Labute approximate surface area is 166 Å². The molecule has 1 aliphatic heterocycles. The van der Waals surface area contributed by atoms with Gasteiger partial charge in [-0.05, 0) is 50.0 Å². The predicted molar refractivity (Wildman–Crippen MR) is 102 cm³/mol. The Morgan fingerprint density at radius 3 is 2.46 bits per heavy atom. The molecule has 0 N–H and O–H groups in total. The van der Waals surface area contributed by atoms with E-state index in [-0.39, 0.29) is 35.8 Å². The van der Waals surface area contributed by atoms with Gasteiger partial charge in [0.15, 0.2) is 0 Å². The molecule has 3 rings (SSSR count). The molecule has 6 heteroatoms. The molecule has 0 aromatic rings. The molecule has 2 aliphatic carbocycles. The van der Waals surface area contributed by atoms with Crippen molar-refractivity contribution in [3.63, 3.8) is 0 Å². The molecular formula is C22H30O6. The van der Waals surface area contributed by atoms with Crippen molar-refractivity contribution in [2.24, 2.45) is 22.7 Å². The minimum absolute atomic E-state index is 0.135. The minimum Gasteiger partial charge on any atom is -0.461 e. The second kappa shape index (κ2) is 7.05. The SMILES string of the molecule is C=C1COC(=O)C12C[C@@]1(C)C([C@@H](OC(=O)/C(C)=C\C)CC[C@@H]1C)[C@H]2OC(C)=O. The van der Waals surface area contributed by atoms with Crippen LogP contribution in [-0.2, 0) is 28.6 Å². The molecule has 1 saturated heterocycles. The molecule has 154 valence electrons. The molecule has 2 saturated carbocycles. The number of hydrogen-bond acceptors (Lipinski definition) is 6. The smallest absolute Gasteiger partial charge is 0.333 e. The molecule has 0 amide bonds. The highest BCUT2D eigenvalue weighted by Crippen LogP contribution is 2.66. The first-order valence-electron chi connectivity index (χ1n) is 9.94. The summed E-state index contributed by atoms with van der Waals surface area (Å²) in [5, 5.41) is 0. The largest absolute Gasteiger partial charge is 0.461 e. The fourth-order valence-corrected chi connectivity index (χ4v) is 5.42. The van der Waals surface area contributed by atoms with E-state index in [0.717, 1.165) is 6.42 Å². The quantitative estimate of drug-likeness (QED) is 0.318. The highest BCUT2D eigenvalue weighted by atomic mass is 16.6. The number of carbonyl (C=O) groups is 3. The molecule has 1 spiro atoms. The number of carbonyl (C=O) groups excluding carboxylic acids is 3. The second-order valence-electron chi connectivity index (χ2n) is 8.78. The van der Waals surface area contributed by atoms with E-state index in [0.29, 0.717) is 24.0 Å². The zero-order valence-corrected chi connectivity index (χ0v) is 17.4. The standard InChI is InChI=1S/C22H30O6/c1-7-12(2)19(24)28-16-9-8-13(3)21(6)11-22(14(4)10-26-20(22)25)18(17(16)21)27-15(5)23/h7,13,16-18H,4,8-11H2,1-3,5-6H3/b12-7-/t13-,16-,17?,18+,21+,22?/m0/s1. The molecule has 1 heterocycles. The summed E-state index contributed by atoms with van der Waals surface area (Å²) in [6.45, 7) is 13.3. The van der Waals surface area contributed by atoms with Crippen LogP contribution >= 0.6 is 0 Å². The third-order valence-electron chi connectivity index (χ3n) is 7.32. The molecule has 3 aliphatic rings. The summed E-state index contributed by atoms with van der Waals surface area (Å²) < 4.78 is 17.0. The van der Waals surface area contributed by atoms with Gasteiger partial charge < -0.3 is 14.2 Å². The summed E-state index contributed by atoms with van der Waals surface area (Å²) in [6.07, 6.45) is 2.54. The minimum atomic E-state index is -1.07. The average Bonchev–Trinajstić information content (AvgIpc) is 3.07. The van der Waals surface area contributed by atoms with Crippen LogP contribution in [0.15, 0.2) is 23.8 Å². The van der Waals surface area contributed by atoms with Crippen molar-refractivity contribution < 1.29 is 28.6 Å². The average molecular weight is 390 g/mol. The summed E-state index contributed by atoms with van der Waals surface area (Å²) in [7, 11) is 0. The summed E-state index contributed by atoms with van der Waals surface area (Å²) >= 11 is 0. The van der Waals surface area contributed by atoms with Crippen molar-refractivity contribution in [3.05, 3.63) is 23.8 Å². The molecule has 3 fully saturated rings. The lowest BCUT2D eigenvalue weighted by atomic mass is 9.61. The van der Waals surface area contributed by atoms with Crippen molar-refractivity contribution in [2.45, 2.75) is 66.1 Å². The van der Waals surface area contributed by atoms with E-state index in [2.05, 4.69) is 20.4 Å². The number of ether oxygens (including phenoxy) is 3. The molecule has 0 aromatic heterocycles. The molecule has 0 bridgehead atoms. The maximum Gasteiger partial charge on any atom is 0.333 e. The lowest BCUT2D eigenvalue weighted by Gasteiger charge is -2.46. The number of rotatable bonds is 3. The highest BCUT2D eigenvalue weighted by Gasteiger charge is 2.71. The van der Waals surface area contributed by atoms with Gasteiger partial charge in [0.05, 0.1) is 0 Å². The fourth-order valence-electron chi connectivity index (χ4n) is 5.42. The molecule has 0 radical (unpaired) electrons. The molecule has 6 nitrogen and oxygen atoms in total. The van der Waals surface area contributed by atoms with Gasteiger partial charge in [0, 0.05) is 18.4 Å². The van der Waals surface area contributed by atoms with Crippen LogP contribution in [0.5, 0.6) is 0 Å². The Bertz CT molecular complexity index is 734. The Hall–Kier alpha value is -2.11. The van der Waals surface area contributed by atoms with Crippen LogP contribution in [0.2, 0.25) is 0 Å². The van der Waals surface area contributed by atoms with Crippen LogP contribution in [0, 0.1) is 22.7 Å². The van der Waals surface area contributed by atoms with E-state index in [1.165, 1.54) is 6.92 Å². The monoisotopic (exact) mass is 390 g/mol. The van der Waals surface area contributed by atoms with Gasteiger partial charge >= 0.3 is 17.9 Å². The van der Waals surface area contributed by atoms with Crippen molar-refractivity contribution in [1.29, 1.82) is 0 Å². The van der Waals surface area contributed by atoms with E-state index < -0.39 is 23.6 Å². The lowest BCUT2D eigenvalue weighted by molar-refractivity contribution is -0.173. The van der Waals surface area contributed by atoms with E-state index in [9.17, 15) is 14.4 Å². The normalized spacial score (nSPS) is 40.2. The van der Waals surface area contributed by atoms with Crippen LogP contribution in [-0.4, -0.2) is 36.7 Å². The third-order valence-corrected chi connectivity index (χ3v) is 7.32. The van der Waals surface area contributed by atoms with Gasteiger partial charge in [0.25, 0.3) is 0 Å². The number of esters is 3. The van der Waals surface area contributed by atoms with Crippen LogP contribution in [0.4, 0.5) is 0 Å². The summed E-state index contributed by atoms with van der Waals surface area (Å²) in [4.78, 5) is 37.3. The van der Waals surface area contributed by atoms with E-state index in [4.69, 9.17) is 14.2 Å². The topological polar surface area (TPSA) is 78.9 Å². The molecule has 0 aromatic carbocycles. The number of allylic oxidation sites excluding steroid dienone is 1. The van der Waals surface area contributed by atoms with Crippen LogP contribution < -0.4 is 0 Å². The molecular weight excluding hydrogens is 360 g/mol. The Morgan fingerprint density at radius 1 is 1.25 bits per heavy atom. The number of fused-ring (bicyclic) bond motifs is 1. The Morgan fingerprint density at radius 2 is 1.93 bits per heavy atom. The Balaban J connectivity index is 2.07. The summed E-state index contributed by atoms with van der Waals surface area (Å²) in [5.41, 5.74) is -0.244. The van der Waals surface area contributed by atoms with E-state index >= 15 is 0 Å². The second-order valence-corrected chi connectivity index (χ2v) is 8.78. The highest BCUT2D eigenvalue weighted by molar-refractivity contribution is 5.88. The summed E-state index contributed by atoms with van der Waals surface area (Å²) in [5.74, 6) is -1.25. The van der Waals surface area contributed by atoms with Gasteiger partial charge in [0.2, 0.25) is 0 Å². The number of hydrogen-bond donors (Lipinski definition) is 0. The van der Waals surface area contributed by atoms with Crippen LogP contribution in [0.1, 0.15) is 53.9 Å². The lowest BCUT2D eigenvalue weighted by Crippen LogP contribution is -2.50. The Kier molecular flexibility index (Phi) is 5.19. The first kappa shape index (κ1) is 20.6. The van der Waals surface area contributed by atoms with E-state index in [1.807, 2.05) is 0 Å². The zero-order chi connectivity index (χ0) is 20.9. The van der Waals surface area contributed by atoms with Crippen LogP contribution in [0.25, 0.3) is 0 Å². The third kappa shape index (κ3) is 2.88. The predicted octanol–water partition coefficient (Wildman–Crippen LogP) is 3.35. The van der Waals surface area contributed by atoms with Gasteiger partial charge in [0.1, 0.15) is 24.2 Å². The van der Waals surface area contributed by atoms with Gasteiger partial charge in [-0.3, -0.25) is 9.59 Å². The van der Waals surface area contributed by atoms with Crippen molar-refractivity contribution >= 4 is 17.9 Å². The van der Waals surface area contributed by atoms with Crippen LogP contribution in [0.3, 0.4) is 0 Å². The zero-order valence-electron chi connectivity index (χ0n) is 17.4. The van der Waals surface area contributed by atoms with Crippen molar-refractivity contribution in [2.75, 3.05) is 6.61 Å². The van der Waals surface area contributed by atoms with E-state index in [1.54, 1.807) is 19.9 Å². The first-order chi connectivity index (χ1) is 13.1. The van der Waals surface area contributed by atoms with Crippen molar-refractivity contribution in [3.8, 4) is 0 Å². The molecule has 28 heavy (non-hydrogen) atoms. The maximum absolute atomic E-state index is 12.9. The summed E-state index contributed by atoms with van der Waals surface area (Å²) in [6, 6.07) is 0. The number of cyclic esters (lactones) is 1. The molecule has 6 atom stereocenters. The van der Waals surface area contributed by atoms with Gasteiger partial charge in [-0.15, -0.1) is 0 Å². The van der Waals surface area contributed by atoms with Crippen molar-refractivity contribution in [1.82, 2.24) is 0 Å². The van der Waals surface area contributed by atoms with Gasteiger partial charge in [-0.25, -0.2) is 4.79 Å². The maximum atomic E-state index is 12.9. The first-order valence-corrected chi connectivity index (χ1v) is 9.94. The van der Waals surface area contributed by atoms with Gasteiger partial charge in [-0.2, -0.15) is 0 Å². The fraction of sp³-hybridized carbons (Fsp3) is 0.682.